The summed E-state index contributed by atoms with van der Waals surface area (Å²) in [5.41, 5.74) is -3.05. The molecule has 0 aromatic heterocycles. The van der Waals surface area contributed by atoms with Crippen molar-refractivity contribution >= 4 is 6.09 Å². The SMILES string of the molecule is CC(C)(C)OC(=O)N1CC[C@@H](c2ccc(F)cc2)[C@@H](COCc2cc(C(F)(F)F)cc(C(F)(F)F)c2)C1. The molecule has 2 aromatic carbocycles. The van der Waals surface area contributed by atoms with E-state index in [9.17, 15) is 35.5 Å². The van der Waals surface area contributed by atoms with Crippen molar-refractivity contribution in [2.75, 3.05) is 19.7 Å². The molecule has 0 bridgehead atoms. The normalized spacial score (nSPS) is 19.1. The van der Waals surface area contributed by atoms with Gasteiger partial charge in [-0.25, -0.2) is 9.18 Å². The van der Waals surface area contributed by atoms with E-state index in [2.05, 4.69) is 0 Å². The number of halogens is 7. The number of likely N-dealkylation sites (tertiary alicyclic amines) is 1. The summed E-state index contributed by atoms with van der Waals surface area (Å²) in [5.74, 6) is -0.959. The Bertz CT molecular complexity index is 1040. The van der Waals surface area contributed by atoms with Crippen LogP contribution >= 0.6 is 0 Å². The highest BCUT2D eigenvalue weighted by atomic mass is 19.4. The molecule has 0 radical (unpaired) electrons. The Kier molecular flexibility index (Phi) is 8.46. The first kappa shape index (κ1) is 28.7. The average Bonchev–Trinajstić information content (AvgIpc) is 2.77. The summed E-state index contributed by atoms with van der Waals surface area (Å²) in [6, 6.07) is 7.13. The van der Waals surface area contributed by atoms with Crippen LogP contribution in [0.2, 0.25) is 0 Å². The van der Waals surface area contributed by atoms with Crippen LogP contribution in [0.15, 0.2) is 42.5 Å². The minimum atomic E-state index is -4.96. The van der Waals surface area contributed by atoms with Gasteiger partial charge in [-0.15, -0.1) is 0 Å². The Morgan fingerprint density at radius 2 is 1.51 bits per heavy atom. The van der Waals surface area contributed by atoms with E-state index >= 15 is 0 Å². The van der Waals surface area contributed by atoms with Gasteiger partial charge in [0.1, 0.15) is 11.4 Å². The number of nitrogens with zero attached hydrogens (tertiary/aromatic N) is 1. The van der Waals surface area contributed by atoms with Gasteiger partial charge >= 0.3 is 18.4 Å². The zero-order chi connectivity index (χ0) is 27.6. The van der Waals surface area contributed by atoms with Crippen LogP contribution in [-0.4, -0.2) is 36.3 Å². The highest BCUT2D eigenvalue weighted by Gasteiger charge is 2.37. The Hall–Kier alpha value is -2.82. The van der Waals surface area contributed by atoms with E-state index in [-0.39, 0.29) is 36.6 Å². The quantitative estimate of drug-likeness (QED) is 0.374. The third kappa shape index (κ3) is 8.08. The molecule has 2 atom stereocenters. The summed E-state index contributed by atoms with van der Waals surface area (Å²) in [6.45, 7) is 5.16. The minimum absolute atomic E-state index is 0.0566. The molecule has 0 unspecified atom stereocenters. The lowest BCUT2D eigenvalue weighted by atomic mass is 9.81. The van der Waals surface area contributed by atoms with Crippen molar-refractivity contribution in [3.05, 3.63) is 70.5 Å². The Morgan fingerprint density at radius 1 is 0.946 bits per heavy atom. The molecular formula is C26H28F7NO3. The second-order valence-corrected chi connectivity index (χ2v) is 10.1. The first-order chi connectivity index (χ1) is 17.0. The second kappa shape index (κ2) is 10.9. The first-order valence-electron chi connectivity index (χ1n) is 11.6. The number of hydrogen-bond donors (Lipinski definition) is 0. The first-order valence-corrected chi connectivity index (χ1v) is 11.6. The van der Waals surface area contributed by atoms with Crippen LogP contribution in [0.3, 0.4) is 0 Å². The van der Waals surface area contributed by atoms with Crippen molar-refractivity contribution in [3.63, 3.8) is 0 Å². The van der Waals surface area contributed by atoms with Gasteiger partial charge in [-0.1, -0.05) is 12.1 Å². The molecule has 1 aliphatic heterocycles. The van der Waals surface area contributed by atoms with Gasteiger partial charge < -0.3 is 14.4 Å². The molecule has 0 N–H and O–H groups in total. The molecule has 1 saturated heterocycles. The predicted octanol–water partition coefficient (Wildman–Crippen LogP) is 7.42. The molecule has 0 spiro atoms. The zero-order valence-corrected chi connectivity index (χ0v) is 20.5. The fourth-order valence-electron chi connectivity index (χ4n) is 4.27. The van der Waals surface area contributed by atoms with Crippen molar-refractivity contribution in [3.8, 4) is 0 Å². The summed E-state index contributed by atoms with van der Waals surface area (Å²) >= 11 is 0. The number of rotatable bonds is 5. The summed E-state index contributed by atoms with van der Waals surface area (Å²) < 4.78 is 103. The van der Waals surface area contributed by atoms with Gasteiger partial charge in [0.2, 0.25) is 0 Å². The van der Waals surface area contributed by atoms with Gasteiger partial charge in [0.15, 0.2) is 0 Å². The Balaban J connectivity index is 1.78. The van der Waals surface area contributed by atoms with Crippen LogP contribution in [0.1, 0.15) is 55.4 Å². The van der Waals surface area contributed by atoms with E-state index < -0.39 is 47.6 Å². The number of piperidine rings is 1. The molecule has 1 heterocycles. The van der Waals surface area contributed by atoms with E-state index in [0.29, 0.717) is 25.1 Å². The van der Waals surface area contributed by atoms with Crippen molar-refractivity contribution < 1.29 is 45.0 Å². The standard InChI is InChI=1S/C26H28F7NO3/c1-24(2,3)37-23(35)34-9-8-22(17-4-6-21(27)7-5-17)18(13-34)15-36-14-16-10-19(25(28,29)30)12-20(11-16)26(31,32)33/h4-7,10-12,18,22H,8-9,13-15H2,1-3H3/t18-,22+/m1/s1. The summed E-state index contributed by atoms with van der Waals surface area (Å²) in [5, 5.41) is 0. The van der Waals surface area contributed by atoms with Crippen molar-refractivity contribution in [2.24, 2.45) is 5.92 Å². The fourth-order valence-corrected chi connectivity index (χ4v) is 4.27. The number of benzene rings is 2. The third-order valence-corrected chi connectivity index (χ3v) is 5.93. The minimum Gasteiger partial charge on any atom is -0.444 e. The van der Waals surface area contributed by atoms with Gasteiger partial charge in [0.05, 0.1) is 24.3 Å². The van der Waals surface area contributed by atoms with E-state index in [1.807, 2.05) is 0 Å². The largest absolute Gasteiger partial charge is 0.444 e. The summed E-state index contributed by atoms with van der Waals surface area (Å²) in [4.78, 5) is 14.1. The van der Waals surface area contributed by atoms with Crippen molar-refractivity contribution in [1.82, 2.24) is 4.90 Å². The molecule has 3 rings (SSSR count). The number of alkyl halides is 6. The lowest BCUT2D eigenvalue weighted by molar-refractivity contribution is -0.143. The molecule has 37 heavy (non-hydrogen) atoms. The third-order valence-electron chi connectivity index (χ3n) is 5.93. The van der Waals surface area contributed by atoms with Crippen LogP contribution in [-0.2, 0) is 28.4 Å². The fraction of sp³-hybridized carbons (Fsp3) is 0.500. The van der Waals surface area contributed by atoms with Gasteiger partial charge in [-0.05, 0) is 74.6 Å². The molecular weight excluding hydrogens is 507 g/mol. The molecule has 2 aromatic rings. The number of ether oxygens (including phenoxy) is 2. The number of carbonyl (C=O) groups excluding carboxylic acids is 1. The van der Waals surface area contributed by atoms with Crippen LogP contribution in [0.4, 0.5) is 35.5 Å². The van der Waals surface area contributed by atoms with E-state index in [1.165, 1.54) is 17.0 Å². The number of carbonyl (C=O) groups is 1. The zero-order valence-electron chi connectivity index (χ0n) is 20.5. The second-order valence-electron chi connectivity index (χ2n) is 10.1. The molecule has 1 amide bonds. The lowest BCUT2D eigenvalue weighted by Gasteiger charge is -2.39. The average molecular weight is 536 g/mol. The van der Waals surface area contributed by atoms with Crippen LogP contribution < -0.4 is 0 Å². The van der Waals surface area contributed by atoms with Crippen LogP contribution in [0.5, 0.6) is 0 Å². The lowest BCUT2D eigenvalue weighted by Crippen LogP contribution is -2.46. The van der Waals surface area contributed by atoms with Crippen LogP contribution in [0.25, 0.3) is 0 Å². The van der Waals surface area contributed by atoms with Gasteiger partial charge in [0.25, 0.3) is 0 Å². The maximum absolute atomic E-state index is 13.4. The Labute approximate surface area is 210 Å². The molecule has 0 saturated carbocycles. The Morgan fingerprint density at radius 3 is 2.03 bits per heavy atom. The smallest absolute Gasteiger partial charge is 0.416 e. The predicted molar refractivity (Wildman–Crippen MR) is 121 cm³/mol. The maximum Gasteiger partial charge on any atom is 0.416 e. The van der Waals surface area contributed by atoms with Gasteiger partial charge in [0, 0.05) is 19.0 Å². The van der Waals surface area contributed by atoms with E-state index in [4.69, 9.17) is 9.47 Å². The van der Waals surface area contributed by atoms with E-state index in [1.54, 1.807) is 32.9 Å². The van der Waals surface area contributed by atoms with Gasteiger partial charge in [-0.2, -0.15) is 26.3 Å². The topological polar surface area (TPSA) is 38.8 Å². The molecule has 204 valence electrons. The van der Waals surface area contributed by atoms with Crippen LogP contribution in [0, 0.1) is 11.7 Å². The van der Waals surface area contributed by atoms with Crippen molar-refractivity contribution in [2.45, 2.75) is 57.7 Å². The highest BCUT2D eigenvalue weighted by Crippen LogP contribution is 2.37. The monoisotopic (exact) mass is 535 g/mol. The maximum atomic E-state index is 13.4. The highest BCUT2D eigenvalue weighted by molar-refractivity contribution is 5.68. The van der Waals surface area contributed by atoms with Crippen molar-refractivity contribution in [1.29, 1.82) is 0 Å². The molecule has 0 aliphatic carbocycles. The molecule has 1 aliphatic rings. The number of hydrogen-bond acceptors (Lipinski definition) is 3. The van der Waals surface area contributed by atoms with Gasteiger partial charge in [-0.3, -0.25) is 0 Å². The molecule has 1 fully saturated rings. The molecule has 11 heteroatoms. The number of amides is 1. The summed E-state index contributed by atoms with van der Waals surface area (Å²) in [6.07, 6.45) is -9.97. The molecule has 4 nitrogen and oxygen atoms in total. The summed E-state index contributed by atoms with van der Waals surface area (Å²) in [7, 11) is 0. The van der Waals surface area contributed by atoms with E-state index in [0.717, 1.165) is 5.56 Å².